The molecule has 1 aromatic heterocycles. The zero-order valence-electron chi connectivity index (χ0n) is 30.8. The number of esters is 1. The van der Waals surface area contributed by atoms with E-state index in [1.54, 1.807) is 6.07 Å². The van der Waals surface area contributed by atoms with Crippen molar-refractivity contribution in [3.8, 4) is 33.9 Å². The maximum atomic E-state index is 13.5. The van der Waals surface area contributed by atoms with Gasteiger partial charge in [-0.2, -0.15) is 0 Å². The number of carbonyl (C=O) groups excluding carboxylic acids is 3. The molecule has 2 heterocycles. The van der Waals surface area contributed by atoms with E-state index < -0.39 is 23.8 Å². The Morgan fingerprint density at radius 3 is 2.33 bits per heavy atom. The van der Waals surface area contributed by atoms with Crippen molar-refractivity contribution in [3.05, 3.63) is 89.1 Å². The molecule has 1 aliphatic heterocycles. The predicted molar refractivity (Wildman–Crippen MR) is 199 cm³/mol. The van der Waals surface area contributed by atoms with Crippen LogP contribution in [0.5, 0.6) is 11.5 Å². The molecule has 14 heteroatoms. The Bertz CT molecular complexity index is 1840. The summed E-state index contributed by atoms with van der Waals surface area (Å²) in [6.45, 7) is 7.97. The van der Waals surface area contributed by atoms with Crippen molar-refractivity contribution < 1.29 is 48.1 Å². The van der Waals surface area contributed by atoms with Gasteiger partial charge in [-0.05, 0) is 34.2 Å². The summed E-state index contributed by atoms with van der Waals surface area (Å²) in [5.41, 5.74) is 3.95. The van der Waals surface area contributed by atoms with E-state index in [2.05, 4.69) is 20.7 Å². The normalized spacial score (nSPS) is 13.8. The number of aromatic nitrogens is 1. The first-order valence-electron chi connectivity index (χ1n) is 17.9. The summed E-state index contributed by atoms with van der Waals surface area (Å²) in [7, 11) is 1.27. The molecule has 4 N–H and O–H groups in total. The first kappa shape index (κ1) is 39.9. The summed E-state index contributed by atoms with van der Waals surface area (Å²) in [6, 6.07) is 19.1. The topological polar surface area (TPSA) is 182 Å². The number of nitrogens with one attached hydrogen (secondary N) is 2. The van der Waals surface area contributed by atoms with Gasteiger partial charge >= 0.3 is 5.97 Å². The van der Waals surface area contributed by atoms with E-state index in [1.807, 2.05) is 68.4 Å². The van der Waals surface area contributed by atoms with E-state index in [0.717, 1.165) is 30.8 Å². The molecule has 5 rings (SSSR count). The highest BCUT2D eigenvalue weighted by atomic mass is 16.5. The fourth-order valence-electron chi connectivity index (χ4n) is 6.06. The zero-order valence-corrected chi connectivity index (χ0v) is 30.8. The number of hydrogen-bond acceptors (Lipinski definition) is 12. The number of nitrogens with zero attached hydrogens (tertiary/aromatic N) is 2. The van der Waals surface area contributed by atoms with Crippen LogP contribution in [-0.4, -0.2) is 110 Å². The molecule has 4 aromatic rings. The number of carbonyl (C=O) groups is 3. The van der Waals surface area contributed by atoms with Crippen LogP contribution in [0.3, 0.4) is 0 Å². The largest absolute Gasteiger partial charge is 0.508 e. The Hall–Kier alpha value is -5.28. The lowest BCUT2D eigenvalue weighted by Gasteiger charge is -2.26. The molecule has 54 heavy (non-hydrogen) atoms. The van der Waals surface area contributed by atoms with Gasteiger partial charge in [-0.15, -0.1) is 0 Å². The first-order chi connectivity index (χ1) is 26.1. The van der Waals surface area contributed by atoms with Crippen molar-refractivity contribution >= 4 is 17.8 Å². The summed E-state index contributed by atoms with van der Waals surface area (Å²) in [5, 5.41) is 30.9. The number of phenols is 2. The Labute approximate surface area is 314 Å². The van der Waals surface area contributed by atoms with Crippen molar-refractivity contribution in [2.24, 2.45) is 0 Å². The minimum Gasteiger partial charge on any atom is -0.508 e. The molecule has 0 radical (unpaired) electrons. The first-order valence-corrected chi connectivity index (χ1v) is 17.9. The number of aromatic hydroxyl groups is 2. The Morgan fingerprint density at radius 2 is 1.63 bits per heavy atom. The number of phenolic OH excluding ortho intramolecular Hbond substituents is 2. The van der Waals surface area contributed by atoms with E-state index in [4.69, 9.17) is 23.5 Å². The molecule has 0 spiro atoms. The molecular formula is C40H48N4O10. The average Bonchev–Trinajstić information content (AvgIpc) is 3.61. The molecule has 288 valence electrons. The summed E-state index contributed by atoms with van der Waals surface area (Å²) >= 11 is 0. The molecule has 0 bridgehead atoms. The second-order valence-electron chi connectivity index (χ2n) is 13.2. The summed E-state index contributed by atoms with van der Waals surface area (Å²) in [4.78, 5) is 40.4. The maximum absolute atomic E-state index is 13.5. The van der Waals surface area contributed by atoms with Crippen LogP contribution in [0.15, 0.2) is 71.3 Å². The zero-order chi connectivity index (χ0) is 38.5. The van der Waals surface area contributed by atoms with Crippen LogP contribution in [0.25, 0.3) is 22.5 Å². The van der Waals surface area contributed by atoms with Crippen molar-refractivity contribution in [1.29, 1.82) is 0 Å². The monoisotopic (exact) mass is 744 g/mol. The molecule has 1 aliphatic rings. The summed E-state index contributed by atoms with van der Waals surface area (Å²) in [5.74, 6) is -1.65. The molecule has 1 atom stereocenters. The molecule has 2 amide bonds. The number of methoxy groups -OCH3 is 1. The van der Waals surface area contributed by atoms with Crippen molar-refractivity contribution in [1.82, 2.24) is 20.7 Å². The number of ether oxygens (including phenoxy) is 4. The average molecular weight is 745 g/mol. The van der Waals surface area contributed by atoms with Crippen LogP contribution in [0.4, 0.5) is 0 Å². The van der Waals surface area contributed by atoms with Crippen molar-refractivity contribution in [2.75, 3.05) is 66.4 Å². The molecule has 0 saturated carbocycles. The van der Waals surface area contributed by atoms with Crippen LogP contribution >= 0.6 is 0 Å². The van der Waals surface area contributed by atoms with E-state index in [0.29, 0.717) is 35.5 Å². The molecule has 0 aliphatic carbocycles. The van der Waals surface area contributed by atoms with E-state index in [1.165, 1.54) is 13.2 Å². The van der Waals surface area contributed by atoms with Crippen LogP contribution in [0, 0.1) is 0 Å². The van der Waals surface area contributed by atoms with Gasteiger partial charge in [-0.3, -0.25) is 14.5 Å². The standard InChI is InChI=1S/C40H48N4O10/c1-26(2)30-22-31(34(46)23-33(30)45)38-36(29-11-9-28(10-12-29)24-44-14-17-52-18-15-44)37(43-54-38)39(48)41-13-16-51-19-20-53-25-35(47)42-32(40(49)50-3)21-27-7-5-4-6-8-27/h4-12,22-23,26,32,45-46H,13-21,24-25H2,1-3H3,(H,41,48)(H,42,47)/t32-/m1/s1. The van der Waals surface area contributed by atoms with Crippen LogP contribution in [0.2, 0.25) is 0 Å². The third kappa shape index (κ3) is 10.9. The number of morpholine rings is 1. The Kier molecular flexibility index (Phi) is 14.6. The quantitative estimate of drug-likeness (QED) is 0.0850. The van der Waals surface area contributed by atoms with Gasteiger partial charge in [0.2, 0.25) is 5.91 Å². The van der Waals surface area contributed by atoms with Gasteiger partial charge in [0.05, 0.1) is 51.3 Å². The molecule has 0 unspecified atom stereocenters. The highest BCUT2D eigenvalue weighted by Gasteiger charge is 2.27. The van der Waals surface area contributed by atoms with Crippen LogP contribution in [0.1, 0.15) is 46.9 Å². The van der Waals surface area contributed by atoms with Crippen molar-refractivity contribution in [3.63, 3.8) is 0 Å². The van der Waals surface area contributed by atoms with E-state index in [9.17, 15) is 24.6 Å². The summed E-state index contributed by atoms with van der Waals surface area (Å²) in [6.07, 6.45) is 0.283. The lowest BCUT2D eigenvalue weighted by atomic mass is 9.94. The van der Waals surface area contributed by atoms with Gasteiger partial charge in [0.1, 0.15) is 24.1 Å². The highest BCUT2D eigenvalue weighted by Crippen LogP contribution is 2.43. The fourth-order valence-corrected chi connectivity index (χ4v) is 6.06. The second-order valence-corrected chi connectivity index (χ2v) is 13.2. The van der Waals surface area contributed by atoms with Crippen LogP contribution < -0.4 is 10.6 Å². The van der Waals surface area contributed by atoms with Gasteiger partial charge in [0.15, 0.2) is 11.5 Å². The molecule has 3 aromatic carbocycles. The Morgan fingerprint density at radius 1 is 0.907 bits per heavy atom. The lowest BCUT2D eigenvalue weighted by molar-refractivity contribution is -0.145. The Balaban J connectivity index is 1.16. The minimum atomic E-state index is -0.848. The number of amides is 2. The van der Waals surface area contributed by atoms with E-state index >= 15 is 0 Å². The predicted octanol–water partition coefficient (Wildman–Crippen LogP) is 4.04. The highest BCUT2D eigenvalue weighted by molar-refractivity contribution is 6.02. The van der Waals surface area contributed by atoms with Gasteiger partial charge < -0.3 is 44.3 Å². The number of benzene rings is 3. The minimum absolute atomic E-state index is 0.0244. The van der Waals surface area contributed by atoms with Crippen molar-refractivity contribution in [2.45, 2.75) is 38.8 Å². The molecular weight excluding hydrogens is 696 g/mol. The van der Waals surface area contributed by atoms with Gasteiger partial charge in [-0.1, -0.05) is 73.6 Å². The fraction of sp³-hybridized carbons (Fsp3) is 0.400. The molecule has 1 fully saturated rings. The van der Waals surface area contributed by atoms with Crippen LogP contribution in [-0.2, 0) is 41.5 Å². The third-order valence-corrected chi connectivity index (χ3v) is 8.91. The van der Waals surface area contributed by atoms with Gasteiger partial charge in [-0.25, -0.2) is 4.79 Å². The SMILES string of the molecule is COC(=O)[C@@H](Cc1ccccc1)NC(=O)COCCOCCNC(=O)c1noc(-c2cc(C(C)C)c(O)cc2O)c1-c1ccc(CN2CCOCC2)cc1. The summed E-state index contributed by atoms with van der Waals surface area (Å²) < 4.78 is 27.0. The van der Waals surface area contributed by atoms with Gasteiger partial charge in [0, 0.05) is 38.7 Å². The molecule has 1 saturated heterocycles. The second kappa shape index (κ2) is 19.7. The maximum Gasteiger partial charge on any atom is 0.328 e. The lowest BCUT2D eigenvalue weighted by Crippen LogP contribution is -2.44. The van der Waals surface area contributed by atoms with Gasteiger partial charge in [0.25, 0.3) is 5.91 Å². The number of rotatable bonds is 18. The number of hydrogen-bond donors (Lipinski definition) is 4. The van der Waals surface area contributed by atoms with E-state index in [-0.39, 0.29) is 68.3 Å². The molecule has 14 nitrogen and oxygen atoms in total. The smallest absolute Gasteiger partial charge is 0.328 e. The third-order valence-electron chi connectivity index (χ3n) is 8.91.